The summed E-state index contributed by atoms with van der Waals surface area (Å²) in [5, 5.41) is 4.83. The highest BCUT2D eigenvalue weighted by atomic mass is 35.5. The van der Waals surface area contributed by atoms with Crippen LogP contribution in [0.25, 0.3) is 0 Å². The Balaban J connectivity index is 2.12. The Morgan fingerprint density at radius 2 is 2.47 bits per heavy atom. The average molecular weight is 289 g/mol. The quantitative estimate of drug-likeness (QED) is 0.855. The molecule has 0 amide bonds. The minimum absolute atomic E-state index is 0.0609. The van der Waals surface area contributed by atoms with Crippen LogP contribution in [0, 0.1) is 0 Å². The molecule has 7 heteroatoms. The van der Waals surface area contributed by atoms with Crippen LogP contribution in [0.3, 0.4) is 0 Å². The summed E-state index contributed by atoms with van der Waals surface area (Å²) in [7, 11) is 3.72. The number of hydrogen-bond acceptors (Lipinski definition) is 5. The molecule has 6 nitrogen and oxygen atoms in total. The predicted molar refractivity (Wildman–Crippen MR) is 73.3 cm³/mol. The van der Waals surface area contributed by atoms with E-state index in [1.54, 1.807) is 18.0 Å². The molecule has 0 spiro atoms. The molecule has 1 aliphatic heterocycles. The number of aromatic nitrogens is 2. The molecule has 2 rings (SSSR count). The van der Waals surface area contributed by atoms with Crippen LogP contribution < -0.4 is 5.73 Å². The standard InChI is InChI=1S/C12H21ClN4O2/c1-16-3-6-19-10(8-16)11(14)12-9(13)7-15-17(12)4-5-18-2/h7,10-11H,3-6,8,14H2,1-2H3. The van der Waals surface area contributed by atoms with Crippen LogP contribution in [-0.4, -0.2) is 61.2 Å². The van der Waals surface area contributed by atoms with Gasteiger partial charge >= 0.3 is 0 Å². The number of hydrogen-bond donors (Lipinski definition) is 1. The molecule has 2 heterocycles. The first-order valence-electron chi connectivity index (χ1n) is 6.39. The minimum Gasteiger partial charge on any atom is -0.383 e. The Bertz CT molecular complexity index is 412. The zero-order valence-electron chi connectivity index (χ0n) is 11.4. The summed E-state index contributed by atoms with van der Waals surface area (Å²) in [5.41, 5.74) is 7.13. The lowest BCUT2D eigenvalue weighted by Crippen LogP contribution is -2.45. The molecule has 1 aromatic rings. The highest BCUT2D eigenvalue weighted by molar-refractivity contribution is 6.31. The Hall–Kier alpha value is -0.660. The van der Waals surface area contributed by atoms with E-state index in [4.69, 9.17) is 26.8 Å². The number of halogens is 1. The average Bonchev–Trinajstić information content (AvgIpc) is 2.76. The molecule has 2 N–H and O–H groups in total. The summed E-state index contributed by atoms with van der Waals surface area (Å²) in [6.45, 7) is 3.63. The van der Waals surface area contributed by atoms with Crippen LogP contribution in [0.2, 0.25) is 5.02 Å². The summed E-state index contributed by atoms with van der Waals surface area (Å²) in [6, 6.07) is -0.283. The largest absolute Gasteiger partial charge is 0.383 e. The van der Waals surface area contributed by atoms with Crippen molar-refractivity contribution in [3.63, 3.8) is 0 Å². The van der Waals surface area contributed by atoms with Gasteiger partial charge < -0.3 is 20.1 Å². The van der Waals surface area contributed by atoms with Crippen LogP contribution in [0.15, 0.2) is 6.20 Å². The lowest BCUT2D eigenvalue weighted by atomic mass is 10.1. The topological polar surface area (TPSA) is 65.5 Å². The maximum absolute atomic E-state index is 6.31. The van der Waals surface area contributed by atoms with Crippen molar-refractivity contribution in [2.24, 2.45) is 5.73 Å². The number of ether oxygens (including phenoxy) is 2. The molecule has 1 fully saturated rings. The number of nitrogens with zero attached hydrogens (tertiary/aromatic N) is 3. The molecule has 0 aliphatic carbocycles. The van der Waals surface area contributed by atoms with Crippen molar-refractivity contribution in [3.8, 4) is 0 Å². The summed E-state index contributed by atoms with van der Waals surface area (Å²) < 4.78 is 12.6. The van der Waals surface area contributed by atoms with Gasteiger partial charge in [0.1, 0.15) is 0 Å². The van der Waals surface area contributed by atoms with Gasteiger partial charge in [0.2, 0.25) is 0 Å². The second-order valence-electron chi connectivity index (χ2n) is 4.79. The van der Waals surface area contributed by atoms with Crippen molar-refractivity contribution >= 4 is 11.6 Å². The molecular weight excluding hydrogens is 268 g/mol. The molecule has 19 heavy (non-hydrogen) atoms. The minimum atomic E-state index is -0.283. The fraction of sp³-hybridized carbons (Fsp3) is 0.750. The molecule has 2 unspecified atom stereocenters. The molecule has 1 saturated heterocycles. The van der Waals surface area contributed by atoms with Crippen molar-refractivity contribution in [3.05, 3.63) is 16.9 Å². The third-order valence-corrected chi connectivity index (χ3v) is 3.64. The van der Waals surface area contributed by atoms with E-state index in [0.717, 1.165) is 18.8 Å². The SMILES string of the molecule is COCCn1ncc(Cl)c1C(N)C1CN(C)CCO1. The summed E-state index contributed by atoms with van der Waals surface area (Å²) in [4.78, 5) is 2.21. The first-order chi connectivity index (χ1) is 9.13. The van der Waals surface area contributed by atoms with E-state index >= 15 is 0 Å². The maximum atomic E-state index is 6.31. The van der Waals surface area contributed by atoms with Crippen molar-refractivity contribution in [1.29, 1.82) is 0 Å². The van der Waals surface area contributed by atoms with E-state index in [0.29, 0.717) is 24.8 Å². The summed E-state index contributed by atoms with van der Waals surface area (Å²) in [6.07, 6.45) is 1.56. The highest BCUT2D eigenvalue weighted by Crippen LogP contribution is 2.26. The van der Waals surface area contributed by atoms with Gasteiger partial charge in [0.05, 0.1) is 48.8 Å². The fourth-order valence-electron chi connectivity index (χ4n) is 2.26. The van der Waals surface area contributed by atoms with Gasteiger partial charge in [0.15, 0.2) is 0 Å². The van der Waals surface area contributed by atoms with Crippen LogP contribution in [0.5, 0.6) is 0 Å². The fourth-order valence-corrected chi connectivity index (χ4v) is 2.53. The molecule has 1 aliphatic rings. The van der Waals surface area contributed by atoms with Crippen LogP contribution in [0.4, 0.5) is 0 Å². The Morgan fingerprint density at radius 3 is 3.16 bits per heavy atom. The van der Waals surface area contributed by atoms with Crippen molar-refractivity contribution < 1.29 is 9.47 Å². The van der Waals surface area contributed by atoms with Gasteiger partial charge in [-0.3, -0.25) is 4.68 Å². The van der Waals surface area contributed by atoms with Gasteiger partial charge in [-0.1, -0.05) is 11.6 Å². The number of nitrogens with two attached hydrogens (primary N) is 1. The summed E-state index contributed by atoms with van der Waals surface area (Å²) in [5.74, 6) is 0. The lowest BCUT2D eigenvalue weighted by Gasteiger charge is -2.33. The Morgan fingerprint density at radius 1 is 1.68 bits per heavy atom. The second kappa shape index (κ2) is 6.67. The van der Waals surface area contributed by atoms with Crippen molar-refractivity contribution in [2.45, 2.75) is 18.7 Å². The van der Waals surface area contributed by atoms with Crippen molar-refractivity contribution in [1.82, 2.24) is 14.7 Å². The third-order valence-electron chi connectivity index (χ3n) is 3.35. The molecule has 0 aromatic carbocycles. The van der Waals surface area contributed by atoms with Gasteiger partial charge in [-0.05, 0) is 7.05 Å². The van der Waals surface area contributed by atoms with E-state index in [1.807, 2.05) is 0 Å². The monoisotopic (exact) mass is 288 g/mol. The first-order valence-corrected chi connectivity index (χ1v) is 6.77. The number of rotatable bonds is 5. The van der Waals surface area contributed by atoms with E-state index in [1.165, 1.54) is 0 Å². The number of likely N-dealkylation sites (N-methyl/N-ethyl adjacent to an activating group) is 1. The van der Waals surface area contributed by atoms with Gasteiger partial charge in [-0.25, -0.2) is 0 Å². The highest BCUT2D eigenvalue weighted by Gasteiger charge is 2.29. The molecule has 2 atom stereocenters. The van der Waals surface area contributed by atoms with Crippen LogP contribution in [0.1, 0.15) is 11.7 Å². The van der Waals surface area contributed by atoms with Crippen LogP contribution in [-0.2, 0) is 16.0 Å². The van der Waals surface area contributed by atoms with E-state index in [2.05, 4.69) is 17.0 Å². The third kappa shape index (κ3) is 3.46. The maximum Gasteiger partial charge on any atom is 0.0910 e. The zero-order valence-corrected chi connectivity index (χ0v) is 12.1. The number of morpholine rings is 1. The molecule has 0 bridgehead atoms. The van der Waals surface area contributed by atoms with Gasteiger partial charge in [0, 0.05) is 20.2 Å². The van der Waals surface area contributed by atoms with E-state index in [-0.39, 0.29) is 12.1 Å². The van der Waals surface area contributed by atoms with Gasteiger partial charge in [-0.15, -0.1) is 0 Å². The molecule has 1 aromatic heterocycles. The van der Waals surface area contributed by atoms with Crippen LogP contribution >= 0.6 is 11.6 Å². The predicted octanol–water partition coefficient (Wildman–Crippen LogP) is 0.513. The molecule has 108 valence electrons. The van der Waals surface area contributed by atoms with Gasteiger partial charge in [-0.2, -0.15) is 5.10 Å². The molecule has 0 radical (unpaired) electrons. The smallest absolute Gasteiger partial charge is 0.0910 e. The first kappa shape index (κ1) is 14.7. The van der Waals surface area contributed by atoms with Gasteiger partial charge in [0.25, 0.3) is 0 Å². The lowest BCUT2D eigenvalue weighted by molar-refractivity contribution is -0.0340. The normalized spacial score (nSPS) is 22.6. The Labute approximate surface area is 118 Å². The van der Waals surface area contributed by atoms with E-state index < -0.39 is 0 Å². The van der Waals surface area contributed by atoms with E-state index in [9.17, 15) is 0 Å². The van der Waals surface area contributed by atoms with Crippen molar-refractivity contribution in [2.75, 3.05) is 40.5 Å². The Kier molecular flexibility index (Phi) is 5.18. The second-order valence-corrected chi connectivity index (χ2v) is 5.20. The molecular formula is C12H21ClN4O2. The number of methoxy groups -OCH3 is 1. The zero-order chi connectivity index (χ0) is 13.8. The molecule has 0 saturated carbocycles. The summed E-state index contributed by atoms with van der Waals surface area (Å²) >= 11 is 6.20.